The van der Waals surface area contributed by atoms with Crippen molar-refractivity contribution in [3.8, 4) is 23.3 Å². The van der Waals surface area contributed by atoms with Crippen molar-refractivity contribution in [3.63, 3.8) is 0 Å². The molecule has 0 atom stereocenters. The van der Waals surface area contributed by atoms with Crippen LogP contribution < -0.4 is 19.5 Å². The van der Waals surface area contributed by atoms with Gasteiger partial charge in [-0.15, -0.1) is 0 Å². The fraction of sp³-hybridized carbons (Fsp3) is 0.231. The summed E-state index contributed by atoms with van der Waals surface area (Å²) in [5.74, 6) is 2.01. The van der Waals surface area contributed by atoms with Crippen LogP contribution in [0.2, 0.25) is 0 Å². The van der Waals surface area contributed by atoms with Gasteiger partial charge in [0.2, 0.25) is 6.79 Å². The van der Waals surface area contributed by atoms with Crippen LogP contribution in [0.4, 0.5) is 0 Å². The summed E-state index contributed by atoms with van der Waals surface area (Å²) in [4.78, 5) is 8.28. The molecular formula is C13H13N3O3. The zero-order valence-electron chi connectivity index (χ0n) is 10.4. The molecule has 6 nitrogen and oxygen atoms in total. The first-order valence-corrected chi connectivity index (χ1v) is 5.88. The molecule has 0 fully saturated rings. The molecule has 3 rings (SSSR count). The van der Waals surface area contributed by atoms with Crippen molar-refractivity contribution >= 4 is 0 Å². The van der Waals surface area contributed by atoms with E-state index in [0.717, 1.165) is 17.9 Å². The van der Waals surface area contributed by atoms with Crippen LogP contribution in [-0.2, 0) is 6.54 Å². The van der Waals surface area contributed by atoms with Crippen molar-refractivity contribution in [2.45, 2.75) is 6.54 Å². The van der Waals surface area contributed by atoms with Crippen LogP contribution in [0.25, 0.3) is 0 Å². The van der Waals surface area contributed by atoms with Crippen LogP contribution in [0.1, 0.15) is 5.56 Å². The predicted octanol–water partition coefficient (Wildman–Crippen LogP) is 1.72. The van der Waals surface area contributed by atoms with E-state index in [9.17, 15) is 0 Å². The molecule has 0 aliphatic carbocycles. The minimum Gasteiger partial charge on any atom is -0.454 e. The SMILES string of the molecule is CNCc1cnc(Oc2ccc3c(c2)OCO3)nc1. The maximum atomic E-state index is 5.56. The minimum atomic E-state index is 0.244. The highest BCUT2D eigenvalue weighted by molar-refractivity contribution is 5.47. The van der Waals surface area contributed by atoms with Crippen LogP contribution in [0, 0.1) is 0 Å². The number of benzene rings is 1. The van der Waals surface area contributed by atoms with Crippen LogP contribution in [0.5, 0.6) is 23.3 Å². The van der Waals surface area contributed by atoms with Gasteiger partial charge in [0.1, 0.15) is 5.75 Å². The van der Waals surface area contributed by atoms with Gasteiger partial charge in [0.25, 0.3) is 0 Å². The smallest absolute Gasteiger partial charge is 0.321 e. The Morgan fingerprint density at radius 2 is 2.00 bits per heavy atom. The maximum absolute atomic E-state index is 5.56. The molecule has 2 aromatic rings. The molecule has 0 spiro atoms. The highest BCUT2D eigenvalue weighted by Crippen LogP contribution is 2.35. The predicted molar refractivity (Wildman–Crippen MR) is 67.4 cm³/mol. The summed E-state index contributed by atoms with van der Waals surface area (Å²) in [6.45, 7) is 0.971. The second kappa shape index (κ2) is 5.11. The lowest BCUT2D eigenvalue weighted by molar-refractivity contribution is 0.174. The summed E-state index contributed by atoms with van der Waals surface area (Å²) in [6.07, 6.45) is 3.46. The number of nitrogens with zero attached hydrogens (tertiary/aromatic N) is 2. The molecule has 0 saturated heterocycles. The van der Waals surface area contributed by atoms with E-state index < -0.39 is 0 Å². The summed E-state index contributed by atoms with van der Waals surface area (Å²) < 4.78 is 16.1. The zero-order valence-corrected chi connectivity index (χ0v) is 10.4. The lowest BCUT2D eigenvalue weighted by Gasteiger charge is -2.05. The van der Waals surface area contributed by atoms with E-state index in [0.29, 0.717) is 17.5 Å². The molecule has 1 aromatic heterocycles. The fourth-order valence-corrected chi connectivity index (χ4v) is 1.74. The van der Waals surface area contributed by atoms with Crippen LogP contribution in [0.3, 0.4) is 0 Å². The molecule has 2 heterocycles. The van der Waals surface area contributed by atoms with Crippen LogP contribution in [0.15, 0.2) is 30.6 Å². The number of aromatic nitrogens is 2. The lowest BCUT2D eigenvalue weighted by atomic mass is 10.3. The standard InChI is InChI=1S/C13H13N3O3/c1-14-5-9-6-15-13(16-7-9)19-10-2-3-11-12(4-10)18-8-17-11/h2-4,6-7,14H,5,8H2,1H3. The van der Waals surface area contributed by atoms with Crippen molar-refractivity contribution in [1.29, 1.82) is 0 Å². The number of hydrogen-bond acceptors (Lipinski definition) is 6. The van der Waals surface area contributed by atoms with Crippen molar-refractivity contribution in [2.24, 2.45) is 0 Å². The first-order chi connectivity index (χ1) is 9.35. The van der Waals surface area contributed by atoms with Gasteiger partial charge >= 0.3 is 6.01 Å². The summed E-state index contributed by atoms with van der Waals surface area (Å²) in [5.41, 5.74) is 1.00. The Morgan fingerprint density at radius 1 is 1.21 bits per heavy atom. The van der Waals surface area contributed by atoms with Gasteiger partial charge in [-0.05, 0) is 19.2 Å². The molecule has 0 bridgehead atoms. The van der Waals surface area contributed by atoms with Crippen molar-refractivity contribution in [1.82, 2.24) is 15.3 Å². The van der Waals surface area contributed by atoms with Gasteiger partial charge in [-0.2, -0.15) is 0 Å². The van der Waals surface area contributed by atoms with E-state index in [4.69, 9.17) is 14.2 Å². The van der Waals surface area contributed by atoms with Crippen LogP contribution >= 0.6 is 0 Å². The summed E-state index contributed by atoms with van der Waals surface area (Å²) in [7, 11) is 1.87. The highest BCUT2D eigenvalue weighted by atomic mass is 16.7. The van der Waals surface area contributed by atoms with E-state index in [1.54, 1.807) is 30.6 Å². The lowest BCUT2D eigenvalue weighted by Crippen LogP contribution is -2.06. The number of rotatable bonds is 4. The second-order valence-electron chi connectivity index (χ2n) is 4.02. The van der Waals surface area contributed by atoms with Gasteiger partial charge in [0.05, 0.1) is 0 Å². The molecule has 98 valence electrons. The first-order valence-electron chi connectivity index (χ1n) is 5.88. The first kappa shape index (κ1) is 11.7. The van der Waals surface area contributed by atoms with E-state index in [2.05, 4.69) is 15.3 Å². The van der Waals surface area contributed by atoms with Crippen molar-refractivity contribution < 1.29 is 14.2 Å². The number of ether oxygens (including phenoxy) is 3. The van der Waals surface area contributed by atoms with Gasteiger partial charge in [-0.25, -0.2) is 9.97 Å². The Labute approximate surface area is 110 Å². The molecule has 1 aliphatic heterocycles. The van der Waals surface area contributed by atoms with Crippen LogP contribution in [-0.4, -0.2) is 23.8 Å². The Kier molecular flexibility index (Phi) is 3.16. The molecular weight excluding hydrogens is 246 g/mol. The summed E-state index contributed by atoms with van der Waals surface area (Å²) in [6, 6.07) is 5.65. The maximum Gasteiger partial charge on any atom is 0.321 e. The minimum absolute atomic E-state index is 0.244. The average molecular weight is 259 g/mol. The van der Waals surface area contributed by atoms with E-state index in [-0.39, 0.29) is 6.79 Å². The topological polar surface area (TPSA) is 65.5 Å². The van der Waals surface area contributed by atoms with E-state index >= 15 is 0 Å². The zero-order chi connectivity index (χ0) is 13.1. The second-order valence-corrected chi connectivity index (χ2v) is 4.02. The fourth-order valence-electron chi connectivity index (χ4n) is 1.74. The molecule has 1 aliphatic rings. The third-order valence-electron chi connectivity index (χ3n) is 2.62. The van der Waals surface area contributed by atoms with Crippen molar-refractivity contribution in [2.75, 3.05) is 13.8 Å². The summed E-state index contributed by atoms with van der Waals surface area (Å²) >= 11 is 0. The molecule has 6 heteroatoms. The van der Waals surface area contributed by atoms with Gasteiger partial charge in [0.15, 0.2) is 11.5 Å². The monoisotopic (exact) mass is 259 g/mol. The van der Waals surface area contributed by atoms with E-state index in [1.807, 2.05) is 7.05 Å². The van der Waals surface area contributed by atoms with Gasteiger partial charge in [0, 0.05) is 30.6 Å². The molecule has 0 saturated carbocycles. The Morgan fingerprint density at radius 3 is 2.79 bits per heavy atom. The van der Waals surface area contributed by atoms with Gasteiger partial charge in [-0.1, -0.05) is 0 Å². The molecule has 1 N–H and O–H groups in total. The molecule has 19 heavy (non-hydrogen) atoms. The van der Waals surface area contributed by atoms with Gasteiger partial charge < -0.3 is 19.5 Å². The molecule has 0 radical (unpaired) electrons. The molecule has 0 amide bonds. The highest BCUT2D eigenvalue weighted by Gasteiger charge is 2.14. The van der Waals surface area contributed by atoms with E-state index in [1.165, 1.54) is 0 Å². The Bertz CT molecular complexity index is 572. The third kappa shape index (κ3) is 2.58. The molecule has 0 unspecified atom stereocenters. The Balaban J connectivity index is 1.74. The normalized spacial score (nSPS) is 12.5. The molecule has 1 aromatic carbocycles. The summed E-state index contributed by atoms with van der Waals surface area (Å²) in [5, 5.41) is 3.03. The van der Waals surface area contributed by atoms with Crippen molar-refractivity contribution in [3.05, 3.63) is 36.2 Å². The third-order valence-corrected chi connectivity index (χ3v) is 2.62. The number of hydrogen-bond donors (Lipinski definition) is 1. The Hall–Kier alpha value is -2.34. The number of fused-ring (bicyclic) bond motifs is 1. The largest absolute Gasteiger partial charge is 0.454 e. The average Bonchev–Trinajstić information content (AvgIpc) is 2.89. The number of nitrogens with one attached hydrogen (secondary N) is 1. The quantitative estimate of drug-likeness (QED) is 0.901. The van der Waals surface area contributed by atoms with Gasteiger partial charge in [-0.3, -0.25) is 0 Å².